The average molecular weight is 380 g/mol. The second-order valence-corrected chi connectivity index (χ2v) is 7.29. The van der Waals surface area contributed by atoms with Gasteiger partial charge in [0, 0.05) is 69.5 Å². The fourth-order valence-electron chi connectivity index (χ4n) is 3.88. The lowest BCUT2D eigenvalue weighted by atomic mass is 10.1. The average Bonchev–Trinajstić information content (AvgIpc) is 3.37. The highest BCUT2D eigenvalue weighted by atomic mass is 16.5. The van der Waals surface area contributed by atoms with Gasteiger partial charge in [0.25, 0.3) is 0 Å². The molecule has 3 heterocycles. The maximum absolute atomic E-state index is 4.92. The van der Waals surface area contributed by atoms with E-state index in [-0.39, 0.29) is 0 Å². The number of fused-ring (bicyclic) bond motifs is 1. The fourth-order valence-corrected chi connectivity index (χ4v) is 3.88. The Labute approximate surface area is 165 Å². The summed E-state index contributed by atoms with van der Waals surface area (Å²) >= 11 is 0. The Morgan fingerprint density at radius 1 is 1.25 bits per heavy atom. The summed E-state index contributed by atoms with van der Waals surface area (Å²) in [5.41, 5.74) is 4.87. The number of hydrogen-bond acceptors (Lipinski definition) is 4. The first-order valence-corrected chi connectivity index (χ1v) is 9.87. The number of benzene rings is 1. The third-order valence-electron chi connectivity index (χ3n) is 5.45. The summed E-state index contributed by atoms with van der Waals surface area (Å²) in [5, 5.41) is 8.85. The number of nitrogens with zero attached hydrogens (tertiary/aromatic N) is 4. The summed E-state index contributed by atoms with van der Waals surface area (Å²) in [5.74, 6) is 0.983. The number of piperazine rings is 1. The number of hydrogen-bond donors (Lipinski definition) is 2. The van der Waals surface area contributed by atoms with Crippen LogP contribution >= 0.6 is 0 Å². The number of guanidine groups is 1. The molecule has 148 valence electrons. The number of rotatable bonds is 5. The molecule has 1 aliphatic rings. The summed E-state index contributed by atoms with van der Waals surface area (Å²) in [7, 11) is 1.86. The van der Waals surface area contributed by atoms with Crippen LogP contribution in [0, 0.1) is 6.92 Å². The van der Waals surface area contributed by atoms with Crippen LogP contribution < -0.4 is 5.32 Å². The summed E-state index contributed by atoms with van der Waals surface area (Å²) in [4.78, 5) is 12.6. The Kier molecular flexibility index (Phi) is 5.62. The number of aryl methyl sites for hydroxylation is 1. The molecule has 1 fully saturated rings. The van der Waals surface area contributed by atoms with E-state index < -0.39 is 0 Å². The van der Waals surface area contributed by atoms with E-state index in [1.807, 2.05) is 13.1 Å². The zero-order valence-electron chi connectivity index (χ0n) is 16.6. The Morgan fingerprint density at radius 2 is 2.11 bits per heavy atom. The van der Waals surface area contributed by atoms with Crippen LogP contribution in [0.15, 0.2) is 46.2 Å². The molecule has 1 saturated heterocycles. The lowest BCUT2D eigenvalue weighted by Crippen LogP contribution is -2.52. The van der Waals surface area contributed by atoms with Crippen molar-refractivity contribution in [1.29, 1.82) is 0 Å². The Balaban J connectivity index is 1.27. The third-order valence-corrected chi connectivity index (χ3v) is 5.45. The summed E-state index contributed by atoms with van der Waals surface area (Å²) in [6.07, 6.45) is 4.73. The van der Waals surface area contributed by atoms with Gasteiger partial charge in [0.1, 0.15) is 6.26 Å². The quantitative estimate of drug-likeness (QED) is 0.525. The van der Waals surface area contributed by atoms with E-state index in [1.54, 1.807) is 6.26 Å². The second-order valence-electron chi connectivity index (χ2n) is 7.29. The Bertz CT molecular complexity index is 922. The number of para-hydroxylation sites is 1. The van der Waals surface area contributed by atoms with Crippen molar-refractivity contribution in [3.63, 3.8) is 0 Å². The van der Waals surface area contributed by atoms with Crippen LogP contribution in [-0.2, 0) is 13.0 Å². The summed E-state index contributed by atoms with van der Waals surface area (Å²) < 4.78 is 4.92. The molecule has 0 amide bonds. The molecule has 4 rings (SSSR count). The number of nitrogens with one attached hydrogen (secondary N) is 2. The molecular weight excluding hydrogens is 352 g/mol. The van der Waals surface area contributed by atoms with Crippen LogP contribution in [0.2, 0.25) is 0 Å². The maximum Gasteiger partial charge on any atom is 0.193 e. The molecule has 1 aromatic carbocycles. The molecule has 0 saturated carbocycles. The lowest BCUT2D eigenvalue weighted by molar-refractivity contribution is 0.169. The summed E-state index contributed by atoms with van der Waals surface area (Å²) in [6.45, 7) is 7.77. The molecular formula is C21H28N6O. The van der Waals surface area contributed by atoms with Gasteiger partial charge < -0.3 is 19.7 Å². The Morgan fingerprint density at radius 3 is 2.86 bits per heavy atom. The van der Waals surface area contributed by atoms with Gasteiger partial charge in [0.05, 0.1) is 5.69 Å². The number of aliphatic imine (C=N–C) groups is 1. The predicted molar refractivity (Wildman–Crippen MR) is 111 cm³/mol. The minimum absolute atomic E-state index is 0.844. The van der Waals surface area contributed by atoms with Crippen molar-refractivity contribution in [2.24, 2.45) is 4.99 Å². The van der Waals surface area contributed by atoms with Gasteiger partial charge in [-0.25, -0.2) is 0 Å². The van der Waals surface area contributed by atoms with Gasteiger partial charge in [-0.15, -0.1) is 0 Å². The van der Waals surface area contributed by atoms with E-state index in [9.17, 15) is 0 Å². The Hall–Kier alpha value is -2.80. The van der Waals surface area contributed by atoms with Crippen molar-refractivity contribution in [3.05, 3.63) is 53.5 Å². The van der Waals surface area contributed by atoms with E-state index >= 15 is 0 Å². The molecule has 0 atom stereocenters. The van der Waals surface area contributed by atoms with Crippen LogP contribution in [0.5, 0.6) is 0 Å². The fraction of sp³-hybridized carbons (Fsp3) is 0.429. The molecule has 2 N–H and O–H groups in total. The zero-order valence-corrected chi connectivity index (χ0v) is 16.6. The minimum atomic E-state index is 0.844. The molecule has 0 spiro atoms. The largest absolute Gasteiger partial charge is 0.364 e. The second kappa shape index (κ2) is 8.48. The van der Waals surface area contributed by atoms with Crippen molar-refractivity contribution < 1.29 is 4.52 Å². The molecule has 3 aromatic rings. The molecule has 0 bridgehead atoms. The van der Waals surface area contributed by atoms with E-state index in [0.717, 1.165) is 57.3 Å². The van der Waals surface area contributed by atoms with E-state index in [0.29, 0.717) is 0 Å². The number of H-pyrrole nitrogens is 1. The highest BCUT2D eigenvalue weighted by Gasteiger charge is 2.20. The van der Waals surface area contributed by atoms with Gasteiger partial charge in [-0.1, -0.05) is 23.4 Å². The van der Waals surface area contributed by atoms with Crippen LogP contribution in [0.3, 0.4) is 0 Å². The molecule has 28 heavy (non-hydrogen) atoms. The number of aromatic amines is 1. The number of aromatic nitrogens is 2. The molecule has 0 unspecified atom stereocenters. The van der Waals surface area contributed by atoms with Crippen molar-refractivity contribution in [2.75, 3.05) is 39.8 Å². The van der Waals surface area contributed by atoms with Crippen LogP contribution in [-0.4, -0.2) is 65.7 Å². The van der Waals surface area contributed by atoms with Gasteiger partial charge in [-0.3, -0.25) is 9.89 Å². The molecule has 0 aliphatic carbocycles. The van der Waals surface area contributed by atoms with Crippen LogP contribution in [0.25, 0.3) is 10.9 Å². The van der Waals surface area contributed by atoms with Gasteiger partial charge in [-0.05, 0) is 24.5 Å². The highest BCUT2D eigenvalue weighted by molar-refractivity contribution is 5.86. The molecule has 2 aromatic heterocycles. The smallest absolute Gasteiger partial charge is 0.193 e. The van der Waals surface area contributed by atoms with Gasteiger partial charge >= 0.3 is 0 Å². The van der Waals surface area contributed by atoms with Crippen molar-refractivity contribution in [2.45, 2.75) is 19.9 Å². The first kappa shape index (κ1) is 18.6. The van der Waals surface area contributed by atoms with Gasteiger partial charge in [-0.2, -0.15) is 0 Å². The van der Waals surface area contributed by atoms with Crippen molar-refractivity contribution >= 4 is 16.9 Å². The third kappa shape index (κ3) is 4.04. The normalized spacial score (nSPS) is 16.1. The summed E-state index contributed by atoms with van der Waals surface area (Å²) in [6, 6.07) is 8.39. The molecule has 0 radical (unpaired) electrons. The standard InChI is InChI=1S/C21H28N6O/c1-16-4-3-5-19-17(14-24-20(16)19)6-8-23-21(22-2)27-11-9-26(10-12-27)15-18-7-13-28-25-18/h3-5,7,13-14,24H,6,8-12,15H2,1-2H3,(H,22,23). The first-order chi connectivity index (χ1) is 13.7. The van der Waals surface area contributed by atoms with E-state index in [4.69, 9.17) is 4.52 Å². The van der Waals surface area contributed by atoms with Gasteiger partial charge in [0.2, 0.25) is 0 Å². The highest BCUT2D eigenvalue weighted by Crippen LogP contribution is 2.21. The van der Waals surface area contributed by atoms with Gasteiger partial charge in [0.15, 0.2) is 5.96 Å². The van der Waals surface area contributed by atoms with E-state index in [2.05, 4.69) is 61.6 Å². The molecule has 7 heteroatoms. The van der Waals surface area contributed by atoms with Crippen molar-refractivity contribution in [1.82, 2.24) is 25.3 Å². The van der Waals surface area contributed by atoms with Crippen LogP contribution in [0.4, 0.5) is 0 Å². The van der Waals surface area contributed by atoms with Crippen LogP contribution in [0.1, 0.15) is 16.8 Å². The predicted octanol–water partition coefficient (Wildman–Crippen LogP) is 2.40. The SMILES string of the molecule is CN=C(NCCc1c[nH]c2c(C)cccc12)N1CCN(Cc2ccon2)CC1. The van der Waals surface area contributed by atoms with E-state index in [1.165, 1.54) is 22.0 Å². The van der Waals surface area contributed by atoms with Crippen molar-refractivity contribution in [3.8, 4) is 0 Å². The monoisotopic (exact) mass is 380 g/mol. The maximum atomic E-state index is 4.92. The topological polar surface area (TPSA) is 72.7 Å². The first-order valence-electron chi connectivity index (χ1n) is 9.87. The zero-order chi connectivity index (χ0) is 19.3. The lowest BCUT2D eigenvalue weighted by Gasteiger charge is -2.36. The molecule has 7 nitrogen and oxygen atoms in total. The minimum Gasteiger partial charge on any atom is -0.364 e. The molecule has 1 aliphatic heterocycles.